The number of rotatable bonds is 6. The smallest absolute Gasteiger partial charge is 0.118 e. The number of nitrogens with zero attached hydrogens (tertiary/aromatic N) is 2. The van der Waals surface area contributed by atoms with E-state index in [0.717, 1.165) is 48.4 Å². The molecule has 19 heavy (non-hydrogen) atoms. The summed E-state index contributed by atoms with van der Waals surface area (Å²) in [6, 6.07) is 5.46. The van der Waals surface area contributed by atoms with Crippen LogP contribution in [0.25, 0.3) is 0 Å². The highest BCUT2D eigenvalue weighted by Gasteiger charge is 2.19. The maximum absolute atomic E-state index is 11.2. The number of hydrogen-bond acceptors (Lipinski definition) is 3. The van der Waals surface area contributed by atoms with Crippen molar-refractivity contribution in [1.82, 2.24) is 4.90 Å². The quantitative estimate of drug-likeness (QED) is 0.587. The molecule has 2 unspecified atom stereocenters. The fourth-order valence-electron chi connectivity index (χ4n) is 2.68. The zero-order chi connectivity index (χ0) is 13.7. The van der Waals surface area contributed by atoms with Crippen LogP contribution >= 0.6 is 20.8 Å². The van der Waals surface area contributed by atoms with Crippen LogP contribution in [0.1, 0.15) is 36.4 Å². The first-order chi connectivity index (χ1) is 9.26. The molecular weight excluding hydrogens is 279 g/mol. The summed E-state index contributed by atoms with van der Waals surface area (Å²) in [4.78, 5) is 13.6. The summed E-state index contributed by atoms with van der Waals surface area (Å²) in [5.74, 6) is 0. The van der Waals surface area contributed by atoms with Crippen molar-refractivity contribution >= 4 is 20.8 Å². The number of nitroso groups, excluding NO2 is 1. The third-order valence-electron chi connectivity index (χ3n) is 3.76. The molecule has 0 bridgehead atoms. The Morgan fingerprint density at radius 1 is 1.37 bits per heavy atom. The minimum absolute atomic E-state index is 0.283. The van der Waals surface area contributed by atoms with Gasteiger partial charge in [-0.2, -0.15) is 4.91 Å². The Kier molecular flexibility index (Phi) is 5.75. The minimum Gasteiger partial charge on any atom is -0.303 e. The monoisotopic (exact) mass is 298 g/mol. The Morgan fingerprint density at radius 2 is 2.11 bits per heavy atom. The third-order valence-corrected chi connectivity index (χ3v) is 4.53. The van der Waals surface area contributed by atoms with E-state index in [4.69, 9.17) is 11.6 Å². The molecule has 1 aromatic rings. The molecule has 1 aliphatic rings. The van der Waals surface area contributed by atoms with Crippen molar-refractivity contribution < 1.29 is 0 Å². The van der Waals surface area contributed by atoms with Crippen molar-refractivity contribution in [2.24, 2.45) is 5.18 Å². The summed E-state index contributed by atoms with van der Waals surface area (Å²) in [6.45, 7) is 3.24. The van der Waals surface area contributed by atoms with E-state index in [-0.39, 0.29) is 6.04 Å². The van der Waals surface area contributed by atoms with E-state index in [2.05, 4.69) is 19.3 Å². The second kappa shape index (κ2) is 7.33. The number of benzene rings is 1. The summed E-state index contributed by atoms with van der Waals surface area (Å²) in [5, 5.41) is 4.05. The Balaban J connectivity index is 2.08. The van der Waals surface area contributed by atoms with Crippen molar-refractivity contribution in [2.45, 2.75) is 31.5 Å². The van der Waals surface area contributed by atoms with Crippen LogP contribution in [0.2, 0.25) is 5.02 Å². The fourth-order valence-corrected chi connectivity index (χ4v) is 3.52. The second-order valence-electron chi connectivity index (χ2n) is 4.97. The summed E-state index contributed by atoms with van der Waals surface area (Å²) in [5.41, 5.74) is 2.01. The molecule has 5 heteroatoms. The molecule has 0 amide bonds. The maximum atomic E-state index is 11.2. The zero-order valence-electron chi connectivity index (χ0n) is 11.0. The molecule has 0 saturated carbocycles. The van der Waals surface area contributed by atoms with Crippen LogP contribution in [0.5, 0.6) is 0 Å². The van der Waals surface area contributed by atoms with E-state index >= 15 is 0 Å². The normalized spacial score (nSPS) is 17.6. The highest BCUT2D eigenvalue weighted by Crippen LogP contribution is 2.31. The molecule has 1 saturated heterocycles. The lowest BCUT2D eigenvalue weighted by Crippen LogP contribution is -2.22. The molecule has 0 spiro atoms. The second-order valence-corrected chi connectivity index (χ2v) is 5.79. The van der Waals surface area contributed by atoms with Crippen molar-refractivity contribution in [3.8, 4) is 0 Å². The number of likely N-dealkylation sites (tertiary alicyclic amines) is 1. The van der Waals surface area contributed by atoms with Gasteiger partial charge in [-0.15, -0.1) is 9.24 Å². The number of hydrogen-bond donors (Lipinski definition) is 0. The predicted molar refractivity (Wildman–Crippen MR) is 83.7 cm³/mol. The first-order valence-electron chi connectivity index (χ1n) is 6.78. The Morgan fingerprint density at radius 3 is 2.74 bits per heavy atom. The Bertz CT molecular complexity index is 435. The minimum atomic E-state index is -0.283. The van der Waals surface area contributed by atoms with Gasteiger partial charge in [-0.05, 0) is 55.7 Å². The summed E-state index contributed by atoms with van der Waals surface area (Å²) in [7, 11) is 2.67. The molecule has 1 aromatic carbocycles. The van der Waals surface area contributed by atoms with Gasteiger partial charge in [-0.3, -0.25) is 0 Å². The maximum Gasteiger partial charge on any atom is 0.118 e. The predicted octanol–water partition coefficient (Wildman–Crippen LogP) is 4.01. The lowest BCUT2D eigenvalue weighted by molar-refractivity contribution is 0.322. The standard InChI is InChI=1S/C14H20ClN2OP/c15-13-5-3-4-11(12(13)10-19)14(16-18)6-9-17-7-1-2-8-17/h3-5,14H,1-2,6-10,19H2. The summed E-state index contributed by atoms with van der Waals surface area (Å²) < 4.78 is 0. The lowest BCUT2D eigenvalue weighted by atomic mass is 9.99. The molecule has 1 fully saturated rings. The van der Waals surface area contributed by atoms with Crippen LogP contribution in [0, 0.1) is 4.91 Å². The van der Waals surface area contributed by atoms with E-state index in [9.17, 15) is 4.91 Å². The molecule has 1 heterocycles. The Labute approximate surface area is 121 Å². The summed E-state index contributed by atoms with van der Waals surface area (Å²) >= 11 is 6.19. The fraction of sp³-hybridized carbons (Fsp3) is 0.571. The average Bonchev–Trinajstić information content (AvgIpc) is 2.93. The molecule has 104 valence electrons. The van der Waals surface area contributed by atoms with E-state index in [1.807, 2.05) is 18.2 Å². The first kappa shape index (κ1) is 14.9. The summed E-state index contributed by atoms with van der Waals surface area (Å²) in [6.07, 6.45) is 4.08. The van der Waals surface area contributed by atoms with Crippen molar-refractivity contribution in [3.05, 3.63) is 39.3 Å². The van der Waals surface area contributed by atoms with Gasteiger partial charge in [0.05, 0.1) is 0 Å². The van der Waals surface area contributed by atoms with Gasteiger partial charge in [0.1, 0.15) is 6.04 Å². The largest absolute Gasteiger partial charge is 0.303 e. The molecule has 3 nitrogen and oxygen atoms in total. The van der Waals surface area contributed by atoms with Crippen molar-refractivity contribution in [3.63, 3.8) is 0 Å². The van der Waals surface area contributed by atoms with Gasteiger partial charge < -0.3 is 4.90 Å². The Hall–Kier alpha value is -0.500. The molecule has 0 aromatic heterocycles. The zero-order valence-corrected chi connectivity index (χ0v) is 12.9. The van der Waals surface area contributed by atoms with E-state index in [0.29, 0.717) is 0 Å². The van der Waals surface area contributed by atoms with Gasteiger partial charge in [0.25, 0.3) is 0 Å². The van der Waals surface area contributed by atoms with E-state index in [1.165, 1.54) is 12.8 Å². The van der Waals surface area contributed by atoms with Gasteiger partial charge in [-0.25, -0.2) is 0 Å². The van der Waals surface area contributed by atoms with Crippen molar-refractivity contribution in [1.29, 1.82) is 0 Å². The lowest BCUT2D eigenvalue weighted by Gasteiger charge is -2.19. The van der Waals surface area contributed by atoms with Gasteiger partial charge in [-0.1, -0.05) is 28.9 Å². The molecular formula is C14H20ClN2OP. The number of halogens is 1. The molecule has 2 atom stereocenters. The van der Waals surface area contributed by atoms with Crippen LogP contribution < -0.4 is 0 Å². The highest BCUT2D eigenvalue weighted by atomic mass is 35.5. The van der Waals surface area contributed by atoms with Crippen molar-refractivity contribution in [2.75, 3.05) is 19.6 Å². The first-order valence-corrected chi connectivity index (χ1v) is 7.98. The van der Waals surface area contributed by atoms with Gasteiger partial charge in [0.2, 0.25) is 0 Å². The SMILES string of the molecule is O=NC(CCN1CCCC1)c1cccc(Cl)c1CP. The molecule has 1 aliphatic heterocycles. The van der Waals surface area contributed by atoms with Crippen LogP contribution in [0.15, 0.2) is 23.4 Å². The van der Waals surface area contributed by atoms with Crippen LogP contribution in [-0.4, -0.2) is 24.5 Å². The van der Waals surface area contributed by atoms with Gasteiger partial charge in [0.15, 0.2) is 0 Å². The average molecular weight is 299 g/mol. The van der Waals surface area contributed by atoms with Crippen LogP contribution in [0.4, 0.5) is 0 Å². The molecule has 0 radical (unpaired) electrons. The molecule has 0 aliphatic carbocycles. The third kappa shape index (κ3) is 3.75. The van der Waals surface area contributed by atoms with E-state index in [1.54, 1.807) is 0 Å². The van der Waals surface area contributed by atoms with E-state index < -0.39 is 0 Å². The topological polar surface area (TPSA) is 32.7 Å². The molecule has 0 N–H and O–H groups in total. The van der Waals surface area contributed by atoms with Gasteiger partial charge in [0, 0.05) is 11.6 Å². The van der Waals surface area contributed by atoms with Crippen LogP contribution in [-0.2, 0) is 6.16 Å². The van der Waals surface area contributed by atoms with Gasteiger partial charge >= 0.3 is 0 Å². The molecule has 2 rings (SSSR count). The van der Waals surface area contributed by atoms with Crippen LogP contribution in [0.3, 0.4) is 0 Å². The highest BCUT2D eigenvalue weighted by molar-refractivity contribution is 7.15.